The number of ether oxygens (including phenoxy) is 1. The molecule has 0 aliphatic rings. The predicted molar refractivity (Wildman–Crippen MR) is 80.0 cm³/mol. The number of nitrogens with zero attached hydrogens (tertiary/aromatic N) is 1. The van der Waals surface area contributed by atoms with Crippen LogP contribution in [0.15, 0.2) is 30.3 Å². The molecule has 100 valence electrons. The number of hydrogen-bond acceptors (Lipinski definition) is 3. The molecule has 1 aromatic heterocycles. The maximum Gasteiger partial charge on any atom is 0.130 e. The number of aryl methyl sites for hydroxylation is 1. The second-order valence-corrected chi connectivity index (χ2v) is 4.72. The highest BCUT2D eigenvalue weighted by Gasteiger charge is 2.01. The van der Waals surface area contributed by atoms with E-state index in [-0.39, 0.29) is 0 Å². The zero-order chi connectivity index (χ0) is 13.7. The largest absolute Gasteiger partial charge is 0.494 e. The normalized spacial score (nSPS) is 10.4. The smallest absolute Gasteiger partial charge is 0.130 e. The quantitative estimate of drug-likeness (QED) is 0.832. The van der Waals surface area contributed by atoms with Gasteiger partial charge in [0.1, 0.15) is 16.2 Å². The zero-order valence-corrected chi connectivity index (χ0v) is 12.1. The Balaban J connectivity index is 2.26. The summed E-state index contributed by atoms with van der Waals surface area (Å²) in [6, 6.07) is 9.91. The molecule has 2 aromatic rings. The molecule has 1 aromatic carbocycles. The SMILES string of the molecule is CCCOc1ccc(-c2cc(=S)nc(CC)[nH]2)cc1. The Morgan fingerprint density at radius 1 is 1.21 bits per heavy atom. The minimum absolute atomic E-state index is 0.622. The highest BCUT2D eigenvalue weighted by atomic mass is 32.1. The fourth-order valence-corrected chi connectivity index (χ4v) is 2.01. The van der Waals surface area contributed by atoms with E-state index in [9.17, 15) is 0 Å². The van der Waals surface area contributed by atoms with Crippen LogP contribution in [0.4, 0.5) is 0 Å². The molecule has 0 radical (unpaired) electrons. The number of H-pyrrole nitrogens is 1. The molecule has 3 nitrogen and oxygen atoms in total. The van der Waals surface area contributed by atoms with E-state index in [1.165, 1.54) is 0 Å². The third-order valence-electron chi connectivity index (χ3n) is 2.76. The van der Waals surface area contributed by atoms with Crippen molar-refractivity contribution < 1.29 is 4.74 Å². The average Bonchev–Trinajstić information content (AvgIpc) is 2.45. The Morgan fingerprint density at radius 2 is 1.95 bits per heavy atom. The van der Waals surface area contributed by atoms with Crippen LogP contribution >= 0.6 is 12.2 Å². The lowest BCUT2D eigenvalue weighted by atomic mass is 10.1. The highest BCUT2D eigenvalue weighted by Crippen LogP contribution is 2.21. The van der Waals surface area contributed by atoms with E-state index in [4.69, 9.17) is 17.0 Å². The Hall–Kier alpha value is -1.68. The third kappa shape index (κ3) is 3.64. The maximum absolute atomic E-state index is 5.57. The van der Waals surface area contributed by atoms with Crippen LogP contribution in [0, 0.1) is 4.64 Å². The Labute approximate surface area is 118 Å². The fraction of sp³-hybridized carbons (Fsp3) is 0.333. The maximum atomic E-state index is 5.57. The molecule has 0 fully saturated rings. The van der Waals surface area contributed by atoms with E-state index in [0.717, 1.165) is 42.3 Å². The summed E-state index contributed by atoms with van der Waals surface area (Å²) in [5.74, 6) is 1.81. The van der Waals surface area contributed by atoms with Gasteiger partial charge in [0.05, 0.1) is 6.61 Å². The molecule has 0 amide bonds. The minimum Gasteiger partial charge on any atom is -0.494 e. The topological polar surface area (TPSA) is 37.9 Å². The van der Waals surface area contributed by atoms with Gasteiger partial charge in [-0.1, -0.05) is 26.1 Å². The van der Waals surface area contributed by atoms with Gasteiger partial charge in [-0.2, -0.15) is 0 Å². The first-order chi connectivity index (χ1) is 9.22. The molecule has 4 heteroatoms. The summed E-state index contributed by atoms with van der Waals surface area (Å²) in [5, 5.41) is 0. The van der Waals surface area contributed by atoms with Crippen molar-refractivity contribution in [3.63, 3.8) is 0 Å². The molecular weight excluding hydrogens is 256 g/mol. The van der Waals surface area contributed by atoms with Crippen LogP contribution in [0.2, 0.25) is 0 Å². The van der Waals surface area contributed by atoms with Gasteiger partial charge in [-0.25, -0.2) is 4.98 Å². The standard InChI is InChI=1S/C15H18N2OS/c1-3-9-18-12-7-5-11(6-8-12)13-10-15(19)17-14(4-2)16-13/h5-8,10H,3-4,9H2,1-2H3,(H,16,17,19). The first-order valence-corrected chi connectivity index (χ1v) is 6.97. The number of rotatable bonds is 5. The summed E-state index contributed by atoms with van der Waals surface area (Å²) in [7, 11) is 0. The van der Waals surface area contributed by atoms with Gasteiger partial charge in [-0.15, -0.1) is 0 Å². The monoisotopic (exact) mass is 274 g/mol. The summed E-state index contributed by atoms with van der Waals surface area (Å²) in [6.45, 7) is 4.90. The van der Waals surface area contributed by atoms with E-state index >= 15 is 0 Å². The molecule has 0 saturated carbocycles. The first-order valence-electron chi connectivity index (χ1n) is 6.56. The first kappa shape index (κ1) is 13.7. The molecule has 1 N–H and O–H groups in total. The van der Waals surface area contributed by atoms with Crippen molar-refractivity contribution in [2.45, 2.75) is 26.7 Å². The van der Waals surface area contributed by atoms with Crippen LogP contribution in [-0.2, 0) is 6.42 Å². The Morgan fingerprint density at radius 3 is 2.58 bits per heavy atom. The molecule has 0 unspecified atom stereocenters. The fourth-order valence-electron chi connectivity index (χ4n) is 1.78. The van der Waals surface area contributed by atoms with Crippen LogP contribution in [0.5, 0.6) is 5.75 Å². The number of aromatic nitrogens is 2. The summed E-state index contributed by atoms with van der Waals surface area (Å²) in [6.07, 6.45) is 1.86. The van der Waals surface area contributed by atoms with Crippen molar-refractivity contribution in [2.24, 2.45) is 0 Å². The summed E-state index contributed by atoms with van der Waals surface area (Å²) in [4.78, 5) is 7.57. The van der Waals surface area contributed by atoms with Crippen LogP contribution in [0.1, 0.15) is 26.1 Å². The van der Waals surface area contributed by atoms with E-state index in [1.54, 1.807) is 0 Å². The molecule has 0 aliphatic heterocycles. The lowest BCUT2D eigenvalue weighted by molar-refractivity contribution is 0.317. The Kier molecular flexibility index (Phi) is 4.68. The van der Waals surface area contributed by atoms with Crippen molar-refractivity contribution >= 4 is 12.2 Å². The lowest BCUT2D eigenvalue weighted by Gasteiger charge is -2.07. The van der Waals surface area contributed by atoms with Gasteiger partial charge in [-0.05, 0) is 42.3 Å². The van der Waals surface area contributed by atoms with E-state index in [2.05, 4.69) is 23.8 Å². The highest BCUT2D eigenvalue weighted by molar-refractivity contribution is 7.71. The van der Waals surface area contributed by atoms with Gasteiger partial charge in [0.15, 0.2) is 0 Å². The van der Waals surface area contributed by atoms with E-state index in [1.807, 2.05) is 30.3 Å². The number of aromatic amines is 1. The third-order valence-corrected chi connectivity index (χ3v) is 2.97. The molecule has 19 heavy (non-hydrogen) atoms. The average molecular weight is 274 g/mol. The molecule has 0 atom stereocenters. The summed E-state index contributed by atoms with van der Waals surface area (Å²) >= 11 is 5.18. The van der Waals surface area contributed by atoms with Crippen molar-refractivity contribution in [2.75, 3.05) is 6.61 Å². The van der Waals surface area contributed by atoms with E-state index in [0.29, 0.717) is 4.64 Å². The number of hydrogen-bond donors (Lipinski definition) is 1. The van der Waals surface area contributed by atoms with E-state index < -0.39 is 0 Å². The van der Waals surface area contributed by atoms with Gasteiger partial charge in [-0.3, -0.25) is 0 Å². The van der Waals surface area contributed by atoms with Gasteiger partial charge in [0, 0.05) is 12.1 Å². The van der Waals surface area contributed by atoms with Gasteiger partial charge in [0.25, 0.3) is 0 Å². The molecule has 2 rings (SSSR count). The molecule has 0 aliphatic carbocycles. The van der Waals surface area contributed by atoms with Crippen molar-refractivity contribution in [3.8, 4) is 17.0 Å². The molecule has 0 spiro atoms. The van der Waals surface area contributed by atoms with Gasteiger partial charge >= 0.3 is 0 Å². The summed E-state index contributed by atoms with van der Waals surface area (Å²) < 4.78 is 6.19. The molecule has 0 saturated heterocycles. The van der Waals surface area contributed by atoms with Crippen molar-refractivity contribution in [1.82, 2.24) is 9.97 Å². The second kappa shape index (κ2) is 6.48. The van der Waals surface area contributed by atoms with Crippen molar-refractivity contribution in [1.29, 1.82) is 0 Å². The second-order valence-electron chi connectivity index (χ2n) is 4.31. The minimum atomic E-state index is 0.622. The Bertz CT molecular complexity index is 590. The van der Waals surface area contributed by atoms with Crippen LogP contribution < -0.4 is 4.74 Å². The van der Waals surface area contributed by atoms with Crippen LogP contribution in [0.25, 0.3) is 11.3 Å². The molecule has 0 bridgehead atoms. The van der Waals surface area contributed by atoms with Gasteiger partial charge < -0.3 is 9.72 Å². The summed E-state index contributed by atoms with van der Waals surface area (Å²) in [5.41, 5.74) is 2.09. The molecular formula is C15H18N2OS. The number of benzene rings is 1. The zero-order valence-electron chi connectivity index (χ0n) is 11.3. The van der Waals surface area contributed by atoms with Crippen molar-refractivity contribution in [3.05, 3.63) is 40.8 Å². The van der Waals surface area contributed by atoms with Gasteiger partial charge in [0.2, 0.25) is 0 Å². The number of nitrogens with one attached hydrogen (secondary N) is 1. The lowest BCUT2D eigenvalue weighted by Crippen LogP contribution is -1.96. The van der Waals surface area contributed by atoms with Crippen LogP contribution in [0.3, 0.4) is 0 Å². The van der Waals surface area contributed by atoms with Crippen LogP contribution in [-0.4, -0.2) is 16.6 Å². The molecule has 1 heterocycles. The predicted octanol–water partition coefficient (Wildman–Crippen LogP) is 4.16.